The summed E-state index contributed by atoms with van der Waals surface area (Å²) in [6, 6.07) is 6.14. The van der Waals surface area contributed by atoms with Gasteiger partial charge in [-0.1, -0.05) is 30.7 Å². The molecule has 0 aliphatic heterocycles. The summed E-state index contributed by atoms with van der Waals surface area (Å²) in [4.78, 5) is 10.6. The van der Waals surface area contributed by atoms with Gasteiger partial charge in [-0.15, -0.1) is 0 Å². The lowest BCUT2D eigenvalue weighted by Crippen LogP contribution is -2.35. The van der Waals surface area contributed by atoms with Gasteiger partial charge >= 0.3 is 5.97 Å². The van der Waals surface area contributed by atoms with Crippen LogP contribution >= 0.6 is 11.6 Å². The molecule has 0 saturated carbocycles. The van der Waals surface area contributed by atoms with Crippen LogP contribution in [0.5, 0.6) is 0 Å². The molecule has 0 aromatic heterocycles. The first kappa shape index (κ1) is 11.0. The van der Waals surface area contributed by atoms with E-state index in [0.29, 0.717) is 5.02 Å². The molecular formula is C10H12ClNO2. The molecule has 0 amide bonds. The predicted octanol–water partition coefficient (Wildman–Crippen LogP) is 1.86. The van der Waals surface area contributed by atoms with Crippen molar-refractivity contribution in [2.75, 3.05) is 0 Å². The van der Waals surface area contributed by atoms with Gasteiger partial charge in [0.15, 0.2) is 0 Å². The SMILES string of the molecule is C[C@H](c1ccc(Cl)cc1)[C@H](N)C(=O)O. The molecule has 0 fully saturated rings. The highest BCUT2D eigenvalue weighted by Gasteiger charge is 2.21. The fraction of sp³-hybridized carbons (Fsp3) is 0.300. The Hall–Kier alpha value is -1.06. The molecule has 3 nitrogen and oxygen atoms in total. The summed E-state index contributed by atoms with van der Waals surface area (Å²) in [6.07, 6.45) is 0. The number of carboxylic acids is 1. The Balaban J connectivity index is 2.84. The minimum atomic E-state index is -0.993. The molecule has 76 valence electrons. The van der Waals surface area contributed by atoms with E-state index in [9.17, 15) is 4.79 Å². The van der Waals surface area contributed by atoms with Crippen LogP contribution in [0.15, 0.2) is 24.3 Å². The normalized spacial score (nSPS) is 14.8. The van der Waals surface area contributed by atoms with Crippen LogP contribution in [0.4, 0.5) is 0 Å². The topological polar surface area (TPSA) is 63.3 Å². The highest BCUT2D eigenvalue weighted by atomic mass is 35.5. The van der Waals surface area contributed by atoms with Crippen LogP contribution in [0, 0.1) is 0 Å². The zero-order chi connectivity index (χ0) is 10.7. The van der Waals surface area contributed by atoms with Crippen molar-refractivity contribution in [3.05, 3.63) is 34.9 Å². The Kier molecular flexibility index (Phi) is 3.49. The second-order valence-corrected chi connectivity index (χ2v) is 3.64. The molecule has 0 unspecified atom stereocenters. The molecule has 2 atom stereocenters. The van der Waals surface area contributed by atoms with Crippen LogP contribution in [0.1, 0.15) is 18.4 Å². The summed E-state index contributed by atoms with van der Waals surface area (Å²) in [5.41, 5.74) is 6.38. The first-order valence-electron chi connectivity index (χ1n) is 4.26. The number of hydrogen-bond acceptors (Lipinski definition) is 2. The minimum Gasteiger partial charge on any atom is -0.480 e. The van der Waals surface area contributed by atoms with Crippen molar-refractivity contribution in [1.82, 2.24) is 0 Å². The number of hydrogen-bond donors (Lipinski definition) is 2. The Bertz CT molecular complexity index is 323. The van der Waals surface area contributed by atoms with Crippen LogP contribution in [-0.2, 0) is 4.79 Å². The van der Waals surface area contributed by atoms with Gasteiger partial charge in [-0.2, -0.15) is 0 Å². The smallest absolute Gasteiger partial charge is 0.321 e. The maximum Gasteiger partial charge on any atom is 0.321 e. The third-order valence-corrected chi connectivity index (χ3v) is 2.47. The zero-order valence-corrected chi connectivity index (χ0v) is 8.53. The predicted molar refractivity (Wildman–Crippen MR) is 55.5 cm³/mol. The summed E-state index contributed by atoms with van der Waals surface area (Å²) in [5.74, 6) is -1.21. The van der Waals surface area contributed by atoms with Gasteiger partial charge in [0.1, 0.15) is 6.04 Å². The largest absolute Gasteiger partial charge is 0.480 e. The second-order valence-electron chi connectivity index (χ2n) is 3.20. The van der Waals surface area contributed by atoms with Crippen LogP contribution < -0.4 is 5.73 Å². The molecule has 14 heavy (non-hydrogen) atoms. The van der Waals surface area contributed by atoms with Gasteiger partial charge in [-0.3, -0.25) is 4.79 Å². The number of rotatable bonds is 3. The molecule has 3 N–H and O–H groups in total. The molecule has 0 radical (unpaired) electrons. The van der Waals surface area contributed by atoms with Crippen molar-refractivity contribution < 1.29 is 9.90 Å². The number of aliphatic carboxylic acids is 1. The van der Waals surface area contributed by atoms with E-state index < -0.39 is 12.0 Å². The fourth-order valence-electron chi connectivity index (χ4n) is 1.19. The van der Waals surface area contributed by atoms with E-state index in [4.69, 9.17) is 22.4 Å². The van der Waals surface area contributed by atoms with Crippen molar-refractivity contribution in [1.29, 1.82) is 0 Å². The van der Waals surface area contributed by atoms with E-state index in [1.807, 2.05) is 0 Å². The maximum absolute atomic E-state index is 10.6. The number of carboxylic acid groups (broad SMARTS) is 1. The van der Waals surface area contributed by atoms with Crippen molar-refractivity contribution in [2.45, 2.75) is 18.9 Å². The van der Waals surface area contributed by atoms with Gasteiger partial charge in [-0.05, 0) is 17.7 Å². The first-order valence-corrected chi connectivity index (χ1v) is 4.64. The Morgan fingerprint density at radius 3 is 2.36 bits per heavy atom. The van der Waals surface area contributed by atoms with Gasteiger partial charge in [0.2, 0.25) is 0 Å². The Morgan fingerprint density at radius 2 is 1.93 bits per heavy atom. The maximum atomic E-state index is 10.6. The second kappa shape index (κ2) is 4.44. The van der Waals surface area contributed by atoms with Gasteiger partial charge < -0.3 is 10.8 Å². The molecule has 0 bridgehead atoms. The van der Waals surface area contributed by atoms with Gasteiger partial charge in [0.25, 0.3) is 0 Å². The summed E-state index contributed by atoms with van der Waals surface area (Å²) in [7, 11) is 0. The third kappa shape index (κ3) is 2.47. The fourth-order valence-corrected chi connectivity index (χ4v) is 1.31. The summed E-state index contributed by atoms with van der Waals surface area (Å²) >= 11 is 5.71. The van der Waals surface area contributed by atoms with E-state index >= 15 is 0 Å². The highest BCUT2D eigenvalue weighted by Crippen LogP contribution is 2.20. The standard InChI is InChI=1S/C10H12ClNO2/c1-6(9(12)10(13)14)7-2-4-8(11)5-3-7/h2-6,9H,12H2,1H3,(H,13,14)/t6-,9+/m1/s1. The molecule has 0 saturated heterocycles. The summed E-state index contributed by atoms with van der Waals surface area (Å²) in [6.45, 7) is 1.78. The quantitative estimate of drug-likeness (QED) is 0.806. The molecule has 0 spiro atoms. The van der Waals surface area contributed by atoms with E-state index in [0.717, 1.165) is 5.56 Å². The van der Waals surface area contributed by atoms with Gasteiger partial charge in [0, 0.05) is 10.9 Å². The van der Waals surface area contributed by atoms with E-state index in [2.05, 4.69) is 0 Å². The molecule has 0 aliphatic rings. The summed E-state index contributed by atoms with van der Waals surface area (Å²) in [5, 5.41) is 9.35. The van der Waals surface area contributed by atoms with Crippen LogP contribution in [0.2, 0.25) is 5.02 Å². The lowest BCUT2D eigenvalue weighted by Gasteiger charge is -2.16. The number of nitrogens with two attached hydrogens (primary N) is 1. The van der Waals surface area contributed by atoms with Crippen molar-refractivity contribution in [2.24, 2.45) is 5.73 Å². The zero-order valence-electron chi connectivity index (χ0n) is 7.77. The molecule has 1 aromatic rings. The monoisotopic (exact) mass is 213 g/mol. The molecule has 4 heteroatoms. The van der Waals surface area contributed by atoms with Gasteiger partial charge in [0.05, 0.1) is 0 Å². The van der Waals surface area contributed by atoms with Crippen molar-refractivity contribution >= 4 is 17.6 Å². The first-order chi connectivity index (χ1) is 6.52. The number of halogens is 1. The molecular weight excluding hydrogens is 202 g/mol. The third-order valence-electron chi connectivity index (χ3n) is 2.22. The van der Waals surface area contributed by atoms with E-state index in [1.54, 1.807) is 31.2 Å². The molecule has 0 aliphatic carbocycles. The van der Waals surface area contributed by atoms with Crippen molar-refractivity contribution in [3.63, 3.8) is 0 Å². The van der Waals surface area contributed by atoms with E-state index in [1.165, 1.54) is 0 Å². The Labute approximate surface area is 87.5 Å². The molecule has 1 aromatic carbocycles. The van der Waals surface area contributed by atoms with Gasteiger partial charge in [-0.25, -0.2) is 0 Å². The summed E-state index contributed by atoms with van der Waals surface area (Å²) < 4.78 is 0. The minimum absolute atomic E-state index is 0.218. The molecule has 0 heterocycles. The molecule has 1 rings (SSSR count). The Morgan fingerprint density at radius 1 is 1.43 bits per heavy atom. The number of carbonyl (C=O) groups is 1. The highest BCUT2D eigenvalue weighted by molar-refractivity contribution is 6.30. The van der Waals surface area contributed by atoms with E-state index in [-0.39, 0.29) is 5.92 Å². The number of benzene rings is 1. The van der Waals surface area contributed by atoms with Crippen LogP contribution in [-0.4, -0.2) is 17.1 Å². The van der Waals surface area contributed by atoms with Crippen LogP contribution in [0.25, 0.3) is 0 Å². The lowest BCUT2D eigenvalue weighted by molar-refractivity contribution is -0.139. The average Bonchev–Trinajstić information content (AvgIpc) is 2.16. The van der Waals surface area contributed by atoms with Crippen molar-refractivity contribution in [3.8, 4) is 0 Å². The average molecular weight is 214 g/mol. The van der Waals surface area contributed by atoms with Crippen LogP contribution in [0.3, 0.4) is 0 Å². The lowest BCUT2D eigenvalue weighted by atomic mass is 9.94.